The van der Waals surface area contributed by atoms with Gasteiger partial charge in [0.05, 0.1) is 5.52 Å². The van der Waals surface area contributed by atoms with Gasteiger partial charge in [-0.1, -0.05) is 54.9 Å². The monoisotopic (exact) mass is 298 g/mol. The van der Waals surface area contributed by atoms with Crippen molar-refractivity contribution in [3.8, 4) is 0 Å². The highest BCUT2D eigenvalue weighted by Crippen LogP contribution is 2.23. The molecule has 3 aromatic rings. The Morgan fingerprint density at radius 2 is 1.81 bits per heavy atom. The Kier molecular flexibility index (Phi) is 4.28. The average Bonchev–Trinajstić information content (AvgIpc) is 2.91. The zero-order valence-corrected chi connectivity index (χ0v) is 12.9. The molecule has 0 bridgehead atoms. The molecule has 1 aromatic heterocycles. The molecular formula is C18H19ClN2. The van der Waals surface area contributed by atoms with Gasteiger partial charge in [0, 0.05) is 24.3 Å². The lowest BCUT2D eigenvalue weighted by atomic mass is 10.1. The number of fused-ring (bicyclic) bond motifs is 1. The van der Waals surface area contributed by atoms with Crippen LogP contribution in [0.1, 0.15) is 18.1 Å². The van der Waals surface area contributed by atoms with Crippen molar-refractivity contribution in [3.05, 3.63) is 70.9 Å². The van der Waals surface area contributed by atoms with E-state index in [9.17, 15) is 0 Å². The van der Waals surface area contributed by atoms with Crippen LogP contribution in [0.5, 0.6) is 0 Å². The van der Waals surface area contributed by atoms with E-state index in [1.165, 1.54) is 16.5 Å². The van der Waals surface area contributed by atoms with Crippen LogP contribution in [0.15, 0.2) is 54.7 Å². The number of halogens is 1. The molecule has 108 valence electrons. The molecule has 0 spiro atoms. The minimum Gasteiger partial charge on any atom is -0.343 e. The third kappa shape index (κ3) is 2.97. The van der Waals surface area contributed by atoms with E-state index in [1.807, 2.05) is 18.2 Å². The molecule has 3 rings (SSSR count). The van der Waals surface area contributed by atoms with Gasteiger partial charge >= 0.3 is 0 Å². The maximum atomic E-state index is 6.29. The van der Waals surface area contributed by atoms with Crippen molar-refractivity contribution >= 4 is 22.5 Å². The Morgan fingerprint density at radius 3 is 2.62 bits per heavy atom. The molecule has 0 saturated heterocycles. The maximum absolute atomic E-state index is 6.29. The van der Waals surface area contributed by atoms with Crippen molar-refractivity contribution < 1.29 is 0 Å². The summed E-state index contributed by atoms with van der Waals surface area (Å²) in [6.45, 7) is 4.79. The highest BCUT2D eigenvalue weighted by atomic mass is 35.5. The van der Waals surface area contributed by atoms with Gasteiger partial charge in [-0.25, -0.2) is 0 Å². The third-order valence-electron chi connectivity index (χ3n) is 3.74. The Hall–Kier alpha value is -1.77. The zero-order chi connectivity index (χ0) is 14.7. The van der Waals surface area contributed by atoms with Gasteiger partial charge < -0.3 is 9.88 Å². The highest BCUT2D eigenvalue weighted by Gasteiger charge is 2.08. The van der Waals surface area contributed by atoms with E-state index < -0.39 is 0 Å². The summed E-state index contributed by atoms with van der Waals surface area (Å²) >= 11 is 6.29. The van der Waals surface area contributed by atoms with Crippen molar-refractivity contribution in [1.29, 1.82) is 0 Å². The van der Waals surface area contributed by atoms with Gasteiger partial charge in [-0.05, 0) is 35.2 Å². The van der Waals surface area contributed by atoms with E-state index in [4.69, 9.17) is 11.6 Å². The Labute approximate surface area is 130 Å². The number of benzene rings is 2. The van der Waals surface area contributed by atoms with Gasteiger partial charge in [0.1, 0.15) is 0 Å². The van der Waals surface area contributed by atoms with E-state index in [-0.39, 0.29) is 0 Å². The minimum absolute atomic E-state index is 0.798. The summed E-state index contributed by atoms with van der Waals surface area (Å²) in [4.78, 5) is 0. The number of hydrogen-bond donors (Lipinski definition) is 1. The molecule has 0 atom stereocenters. The second-order valence-corrected chi connectivity index (χ2v) is 5.58. The molecule has 2 nitrogen and oxygen atoms in total. The lowest BCUT2D eigenvalue weighted by molar-refractivity contribution is 0.724. The summed E-state index contributed by atoms with van der Waals surface area (Å²) in [6, 6.07) is 16.7. The Morgan fingerprint density at radius 1 is 1.00 bits per heavy atom. The minimum atomic E-state index is 0.798. The van der Waals surface area contributed by atoms with E-state index >= 15 is 0 Å². The van der Waals surface area contributed by atoms with Crippen LogP contribution in [-0.4, -0.2) is 11.1 Å². The predicted molar refractivity (Wildman–Crippen MR) is 89.9 cm³/mol. The normalized spacial score (nSPS) is 11.1. The van der Waals surface area contributed by atoms with E-state index in [0.29, 0.717) is 0 Å². The van der Waals surface area contributed by atoms with Crippen LogP contribution >= 0.6 is 11.6 Å². The Balaban J connectivity index is 2.01. The topological polar surface area (TPSA) is 17.0 Å². The van der Waals surface area contributed by atoms with Crippen LogP contribution in [0, 0.1) is 0 Å². The van der Waals surface area contributed by atoms with Crippen molar-refractivity contribution in [3.63, 3.8) is 0 Å². The average molecular weight is 299 g/mol. The molecular weight excluding hydrogens is 280 g/mol. The second kappa shape index (κ2) is 6.33. The van der Waals surface area contributed by atoms with Crippen LogP contribution in [0.25, 0.3) is 10.9 Å². The molecule has 3 heteroatoms. The van der Waals surface area contributed by atoms with Crippen LogP contribution in [0.4, 0.5) is 0 Å². The fourth-order valence-corrected chi connectivity index (χ4v) is 2.88. The number of nitrogens with zero attached hydrogens (tertiary/aromatic N) is 1. The van der Waals surface area contributed by atoms with E-state index in [2.05, 4.69) is 53.3 Å². The zero-order valence-electron chi connectivity index (χ0n) is 12.1. The Bertz CT molecular complexity index is 746. The van der Waals surface area contributed by atoms with Crippen LogP contribution in [-0.2, 0) is 13.1 Å². The molecule has 1 heterocycles. The summed E-state index contributed by atoms with van der Waals surface area (Å²) in [5.74, 6) is 0. The molecule has 0 radical (unpaired) electrons. The quantitative estimate of drug-likeness (QED) is 0.736. The first kappa shape index (κ1) is 14.2. The summed E-state index contributed by atoms with van der Waals surface area (Å²) in [5, 5.41) is 5.51. The first-order chi connectivity index (χ1) is 10.3. The summed E-state index contributed by atoms with van der Waals surface area (Å²) < 4.78 is 2.28. The maximum Gasteiger partial charge on any atom is 0.0529 e. The fourth-order valence-electron chi connectivity index (χ4n) is 2.68. The van der Waals surface area contributed by atoms with Crippen molar-refractivity contribution in [2.24, 2.45) is 0 Å². The first-order valence-electron chi connectivity index (χ1n) is 7.30. The van der Waals surface area contributed by atoms with E-state index in [0.717, 1.165) is 30.2 Å². The van der Waals surface area contributed by atoms with Gasteiger partial charge in [0.2, 0.25) is 0 Å². The van der Waals surface area contributed by atoms with Crippen LogP contribution in [0.2, 0.25) is 5.02 Å². The lowest BCUT2D eigenvalue weighted by Crippen LogP contribution is -2.13. The molecule has 2 aromatic carbocycles. The lowest BCUT2D eigenvalue weighted by Gasteiger charge is -2.11. The van der Waals surface area contributed by atoms with Crippen molar-refractivity contribution in [2.75, 3.05) is 6.54 Å². The van der Waals surface area contributed by atoms with Crippen LogP contribution in [0.3, 0.4) is 0 Å². The van der Waals surface area contributed by atoms with Crippen LogP contribution < -0.4 is 5.32 Å². The van der Waals surface area contributed by atoms with Crippen molar-refractivity contribution in [2.45, 2.75) is 20.0 Å². The predicted octanol–water partition coefficient (Wildman–Crippen LogP) is 4.45. The molecule has 0 fully saturated rings. The third-order valence-corrected chi connectivity index (χ3v) is 4.10. The largest absolute Gasteiger partial charge is 0.343 e. The smallest absolute Gasteiger partial charge is 0.0529 e. The molecule has 0 saturated carbocycles. The molecule has 0 aliphatic carbocycles. The molecule has 21 heavy (non-hydrogen) atoms. The second-order valence-electron chi connectivity index (χ2n) is 5.17. The summed E-state index contributed by atoms with van der Waals surface area (Å²) in [6.07, 6.45) is 2.14. The van der Waals surface area contributed by atoms with Gasteiger partial charge in [0.15, 0.2) is 0 Å². The number of hydrogen-bond acceptors (Lipinski definition) is 1. The SMILES string of the molecule is CCNCc1cccc2ccn(Cc3ccccc3Cl)c12. The molecule has 0 unspecified atom stereocenters. The molecule has 0 aliphatic rings. The number of aromatic nitrogens is 1. The number of rotatable bonds is 5. The van der Waals surface area contributed by atoms with Gasteiger partial charge in [-0.2, -0.15) is 0 Å². The summed E-state index contributed by atoms with van der Waals surface area (Å²) in [7, 11) is 0. The van der Waals surface area contributed by atoms with Gasteiger partial charge in [0.25, 0.3) is 0 Å². The number of nitrogens with one attached hydrogen (secondary N) is 1. The highest BCUT2D eigenvalue weighted by molar-refractivity contribution is 6.31. The summed E-state index contributed by atoms with van der Waals surface area (Å²) in [5.41, 5.74) is 3.76. The molecule has 0 amide bonds. The van der Waals surface area contributed by atoms with Crippen molar-refractivity contribution in [1.82, 2.24) is 9.88 Å². The van der Waals surface area contributed by atoms with E-state index in [1.54, 1.807) is 0 Å². The molecule has 1 N–H and O–H groups in total. The molecule has 0 aliphatic heterocycles. The van der Waals surface area contributed by atoms with Gasteiger partial charge in [-0.15, -0.1) is 0 Å². The van der Waals surface area contributed by atoms with Gasteiger partial charge in [-0.3, -0.25) is 0 Å². The first-order valence-corrected chi connectivity index (χ1v) is 7.68. The fraction of sp³-hybridized carbons (Fsp3) is 0.222. The standard InChI is InChI=1S/C18H19ClN2/c1-2-20-12-15-8-5-7-14-10-11-21(18(14)15)13-16-6-3-4-9-17(16)19/h3-11,20H,2,12-13H2,1H3. The number of para-hydroxylation sites is 1.